The average Bonchev–Trinajstić information content (AvgIpc) is 3.25. The van der Waals surface area contributed by atoms with Gasteiger partial charge < -0.3 is 14.5 Å². The topological polar surface area (TPSA) is 75.3 Å². The van der Waals surface area contributed by atoms with Gasteiger partial charge in [-0.2, -0.15) is 5.26 Å². The van der Waals surface area contributed by atoms with E-state index in [2.05, 4.69) is 11.4 Å². The summed E-state index contributed by atoms with van der Waals surface area (Å²) >= 11 is 6.22. The van der Waals surface area contributed by atoms with E-state index < -0.39 is 0 Å². The maximum absolute atomic E-state index is 13.1. The Morgan fingerprint density at radius 2 is 1.83 bits per heavy atom. The number of nitrogens with zero attached hydrogens (tertiary/aromatic N) is 1. The first-order chi connectivity index (χ1) is 16.9. The summed E-state index contributed by atoms with van der Waals surface area (Å²) in [6.45, 7) is 4.62. The van der Waals surface area contributed by atoms with Gasteiger partial charge in [-0.1, -0.05) is 61.8 Å². The van der Waals surface area contributed by atoms with E-state index in [0.717, 1.165) is 22.4 Å². The molecule has 0 unspecified atom stereocenters. The Morgan fingerprint density at radius 3 is 2.46 bits per heavy atom. The summed E-state index contributed by atoms with van der Waals surface area (Å²) in [4.78, 5) is 13.1. The van der Waals surface area contributed by atoms with Crippen molar-refractivity contribution in [1.82, 2.24) is 5.32 Å². The van der Waals surface area contributed by atoms with Crippen LogP contribution in [0.3, 0.4) is 0 Å². The van der Waals surface area contributed by atoms with Crippen molar-refractivity contribution in [2.24, 2.45) is 5.92 Å². The SMILES string of the molecule is COc1ccc(/C=C(\C#N)c2ccc(-c3oc4ccc(Cl)cc4c3C(=O)NCC(C)C)cc2)cc1. The summed E-state index contributed by atoms with van der Waals surface area (Å²) in [5.74, 6) is 1.32. The lowest BCUT2D eigenvalue weighted by Crippen LogP contribution is -2.27. The van der Waals surface area contributed by atoms with E-state index in [4.69, 9.17) is 20.8 Å². The molecule has 0 bridgehead atoms. The van der Waals surface area contributed by atoms with Crippen molar-refractivity contribution >= 4 is 40.1 Å². The lowest BCUT2D eigenvalue weighted by molar-refractivity contribution is 0.0950. The molecule has 0 atom stereocenters. The highest BCUT2D eigenvalue weighted by Crippen LogP contribution is 2.35. The number of nitrogens with one attached hydrogen (secondary N) is 1. The first kappa shape index (κ1) is 24.1. The molecule has 3 aromatic carbocycles. The predicted octanol–water partition coefficient (Wildman–Crippen LogP) is 7.21. The van der Waals surface area contributed by atoms with E-state index in [1.54, 1.807) is 25.3 Å². The fourth-order valence-corrected chi connectivity index (χ4v) is 3.90. The van der Waals surface area contributed by atoms with Gasteiger partial charge in [-0.25, -0.2) is 0 Å². The lowest BCUT2D eigenvalue weighted by atomic mass is 9.99. The molecule has 1 N–H and O–H groups in total. The fraction of sp³-hybridized carbons (Fsp3) is 0.172. The zero-order valence-corrected chi connectivity index (χ0v) is 20.5. The molecule has 0 saturated heterocycles. The number of furan rings is 1. The number of amides is 1. The first-order valence-electron chi connectivity index (χ1n) is 11.3. The van der Waals surface area contributed by atoms with Crippen LogP contribution in [0.5, 0.6) is 5.75 Å². The highest BCUT2D eigenvalue weighted by molar-refractivity contribution is 6.31. The highest BCUT2D eigenvalue weighted by Gasteiger charge is 2.22. The van der Waals surface area contributed by atoms with Gasteiger partial charge in [0.1, 0.15) is 17.1 Å². The predicted molar refractivity (Wildman–Crippen MR) is 140 cm³/mol. The number of carbonyl (C=O) groups is 1. The van der Waals surface area contributed by atoms with Crippen LogP contribution in [-0.2, 0) is 0 Å². The van der Waals surface area contributed by atoms with Crippen molar-refractivity contribution < 1.29 is 13.9 Å². The molecule has 1 aromatic heterocycles. The molecule has 35 heavy (non-hydrogen) atoms. The van der Waals surface area contributed by atoms with E-state index in [-0.39, 0.29) is 5.91 Å². The van der Waals surface area contributed by atoms with Crippen LogP contribution in [0.15, 0.2) is 71.1 Å². The Hall–Kier alpha value is -4.01. The Labute approximate surface area is 209 Å². The van der Waals surface area contributed by atoms with Crippen molar-refractivity contribution in [1.29, 1.82) is 5.26 Å². The number of carbonyl (C=O) groups excluding carboxylic acids is 1. The van der Waals surface area contributed by atoms with Gasteiger partial charge in [0.05, 0.1) is 24.3 Å². The second kappa shape index (κ2) is 10.5. The van der Waals surface area contributed by atoms with Gasteiger partial charge in [0.25, 0.3) is 5.91 Å². The number of hydrogen-bond acceptors (Lipinski definition) is 4. The smallest absolute Gasteiger partial charge is 0.255 e. The molecule has 1 heterocycles. The van der Waals surface area contributed by atoms with Crippen molar-refractivity contribution in [2.75, 3.05) is 13.7 Å². The number of hydrogen-bond donors (Lipinski definition) is 1. The van der Waals surface area contributed by atoms with Gasteiger partial charge in [0.15, 0.2) is 0 Å². The summed E-state index contributed by atoms with van der Waals surface area (Å²) in [7, 11) is 1.61. The largest absolute Gasteiger partial charge is 0.497 e. The highest BCUT2D eigenvalue weighted by atomic mass is 35.5. The summed E-state index contributed by atoms with van der Waals surface area (Å²) in [6.07, 6.45) is 1.82. The maximum Gasteiger partial charge on any atom is 0.255 e. The summed E-state index contributed by atoms with van der Waals surface area (Å²) in [5, 5.41) is 13.9. The van der Waals surface area contributed by atoms with Crippen LogP contribution in [0.2, 0.25) is 5.02 Å². The number of benzene rings is 3. The second-order valence-electron chi connectivity index (χ2n) is 8.57. The molecule has 5 nitrogen and oxygen atoms in total. The normalized spacial score (nSPS) is 11.5. The summed E-state index contributed by atoms with van der Waals surface area (Å²) < 4.78 is 11.3. The zero-order valence-electron chi connectivity index (χ0n) is 19.8. The Balaban J connectivity index is 1.71. The van der Waals surface area contributed by atoms with E-state index in [1.165, 1.54) is 0 Å². The molecule has 0 saturated carbocycles. The van der Waals surface area contributed by atoms with Crippen molar-refractivity contribution in [3.05, 3.63) is 88.4 Å². The third-order valence-electron chi connectivity index (χ3n) is 5.55. The van der Waals surface area contributed by atoms with Crippen LogP contribution in [0.1, 0.15) is 35.3 Å². The quantitative estimate of drug-likeness (QED) is 0.222. The minimum absolute atomic E-state index is 0.212. The van der Waals surface area contributed by atoms with Crippen molar-refractivity contribution in [3.63, 3.8) is 0 Å². The van der Waals surface area contributed by atoms with Gasteiger partial charge in [-0.3, -0.25) is 4.79 Å². The van der Waals surface area contributed by atoms with Crippen LogP contribution < -0.4 is 10.1 Å². The van der Waals surface area contributed by atoms with Gasteiger partial charge in [-0.05, 0) is 53.5 Å². The van der Waals surface area contributed by atoms with Crippen molar-refractivity contribution in [2.45, 2.75) is 13.8 Å². The minimum atomic E-state index is -0.212. The number of allylic oxidation sites excluding steroid dienone is 1. The Morgan fingerprint density at radius 1 is 1.11 bits per heavy atom. The van der Waals surface area contributed by atoms with E-state index in [0.29, 0.717) is 45.4 Å². The molecule has 4 aromatic rings. The van der Waals surface area contributed by atoms with Gasteiger partial charge >= 0.3 is 0 Å². The molecule has 176 valence electrons. The van der Waals surface area contributed by atoms with Crippen LogP contribution >= 0.6 is 11.6 Å². The standard InChI is InChI=1S/C29H25ClN2O3/c1-18(2)17-32-29(33)27-25-15-23(30)10-13-26(25)35-28(27)21-8-6-20(7-9-21)22(16-31)14-19-4-11-24(34-3)12-5-19/h4-15,18H,17H2,1-3H3,(H,32,33)/b22-14+. The number of ether oxygens (including phenoxy) is 1. The fourth-order valence-electron chi connectivity index (χ4n) is 3.73. The van der Waals surface area contributed by atoms with Crippen LogP contribution in [0.4, 0.5) is 0 Å². The first-order valence-corrected chi connectivity index (χ1v) is 11.6. The molecule has 0 aliphatic carbocycles. The zero-order chi connectivity index (χ0) is 24.9. The van der Waals surface area contributed by atoms with Gasteiger partial charge in [-0.15, -0.1) is 0 Å². The molecule has 6 heteroatoms. The molecule has 4 rings (SSSR count). The molecule has 0 aliphatic rings. The molecule has 0 radical (unpaired) electrons. The van der Waals surface area contributed by atoms with E-state index >= 15 is 0 Å². The number of rotatable bonds is 7. The molecule has 1 amide bonds. The summed E-state index contributed by atoms with van der Waals surface area (Å²) in [6, 6.07) is 22.4. The number of nitriles is 1. The number of methoxy groups -OCH3 is 1. The molecule has 0 spiro atoms. The van der Waals surface area contributed by atoms with Crippen LogP contribution in [-0.4, -0.2) is 19.6 Å². The van der Waals surface area contributed by atoms with E-state index in [9.17, 15) is 10.1 Å². The lowest BCUT2D eigenvalue weighted by Gasteiger charge is -2.09. The molecule has 0 aliphatic heterocycles. The third kappa shape index (κ3) is 5.40. The Kier molecular flexibility index (Phi) is 7.24. The second-order valence-corrected chi connectivity index (χ2v) is 9.01. The molecule has 0 fully saturated rings. The third-order valence-corrected chi connectivity index (χ3v) is 5.79. The van der Waals surface area contributed by atoms with E-state index in [1.807, 2.05) is 68.5 Å². The van der Waals surface area contributed by atoms with Gasteiger partial charge in [0, 0.05) is 22.5 Å². The number of halogens is 1. The van der Waals surface area contributed by atoms with Gasteiger partial charge in [0.2, 0.25) is 0 Å². The maximum atomic E-state index is 13.1. The summed E-state index contributed by atoms with van der Waals surface area (Å²) in [5.41, 5.74) is 3.94. The van der Waals surface area contributed by atoms with Crippen LogP contribution in [0, 0.1) is 17.2 Å². The molecular formula is C29H25ClN2O3. The number of fused-ring (bicyclic) bond motifs is 1. The van der Waals surface area contributed by atoms with Crippen LogP contribution in [0.25, 0.3) is 33.9 Å². The average molecular weight is 485 g/mol. The van der Waals surface area contributed by atoms with Crippen molar-refractivity contribution in [3.8, 4) is 23.1 Å². The minimum Gasteiger partial charge on any atom is -0.497 e. The Bertz CT molecular complexity index is 1430. The monoisotopic (exact) mass is 484 g/mol. The molecular weight excluding hydrogens is 460 g/mol.